The van der Waals surface area contributed by atoms with Crippen molar-refractivity contribution in [2.24, 2.45) is 0 Å². The summed E-state index contributed by atoms with van der Waals surface area (Å²) in [5.41, 5.74) is 0. The monoisotopic (exact) mass is 267 g/mol. The SMILES string of the molecule is CCOC(=O)C(CC)SC1CCNCC1.Cl. The van der Waals surface area contributed by atoms with Gasteiger partial charge in [-0.1, -0.05) is 6.92 Å². The second kappa shape index (κ2) is 9.14. The van der Waals surface area contributed by atoms with E-state index in [9.17, 15) is 4.79 Å². The average Bonchev–Trinajstić information content (AvgIpc) is 2.27. The number of carbonyl (C=O) groups is 1. The molecule has 1 atom stereocenters. The van der Waals surface area contributed by atoms with Crippen molar-refractivity contribution in [3.05, 3.63) is 0 Å². The summed E-state index contributed by atoms with van der Waals surface area (Å²) in [6.45, 7) is 6.56. The molecule has 0 radical (unpaired) electrons. The maximum atomic E-state index is 11.6. The van der Waals surface area contributed by atoms with Gasteiger partial charge >= 0.3 is 5.97 Å². The minimum absolute atomic E-state index is 0. The first kappa shape index (κ1) is 16.1. The molecule has 0 aromatic heterocycles. The van der Waals surface area contributed by atoms with Crippen molar-refractivity contribution < 1.29 is 9.53 Å². The van der Waals surface area contributed by atoms with Crippen LogP contribution in [0, 0.1) is 0 Å². The highest BCUT2D eigenvalue weighted by molar-refractivity contribution is 8.01. The molecule has 0 saturated carbocycles. The van der Waals surface area contributed by atoms with Gasteiger partial charge in [0.1, 0.15) is 5.25 Å². The Labute approximate surface area is 108 Å². The molecule has 96 valence electrons. The van der Waals surface area contributed by atoms with Crippen LogP contribution in [0.3, 0.4) is 0 Å². The van der Waals surface area contributed by atoms with Gasteiger partial charge in [-0.3, -0.25) is 4.79 Å². The molecule has 1 N–H and O–H groups in total. The van der Waals surface area contributed by atoms with E-state index in [1.807, 2.05) is 6.92 Å². The molecular formula is C11H22ClNO2S. The normalized spacial score (nSPS) is 18.6. The van der Waals surface area contributed by atoms with Crippen LogP contribution < -0.4 is 5.32 Å². The van der Waals surface area contributed by atoms with Gasteiger partial charge in [-0.25, -0.2) is 0 Å². The van der Waals surface area contributed by atoms with E-state index in [0.29, 0.717) is 11.9 Å². The van der Waals surface area contributed by atoms with E-state index in [-0.39, 0.29) is 23.6 Å². The molecule has 1 saturated heterocycles. The van der Waals surface area contributed by atoms with Gasteiger partial charge in [0.25, 0.3) is 0 Å². The van der Waals surface area contributed by atoms with Crippen LogP contribution >= 0.6 is 24.2 Å². The summed E-state index contributed by atoms with van der Waals surface area (Å²) in [7, 11) is 0. The fraction of sp³-hybridized carbons (Fsp3) is 0.909. The minimum Gasteiger partial charge on any atom is -0.465 e. The Morgan fingerprint density at radius 1 is 1.44 bits per heavy atom. The second-order valence-electron chi connectivity index (χ2n) is 3.73. The van der Waals surface area contributed by atoms with E-state index in [4.69, 9.17) is 4.74 Å². The van der Waals surface area contributed by atoms with E-state index in [1.165, 1.54) is 12.8 Å². The van der Waals surface area contributed by atoms with E-state index in [1.54, 1.807) is 11.8 Å². The van der Waals surface area contributed by atoms with Crippen LogP contribution in [-0.4, -0.2) is 36.2 Å². The van der Waals surface area contributed by atoms with Crippen LogP contribution in [0.1, 0.15) is 33.1 Å². The number of hydrogen-bond donors (Lipinski definition) is 1. The number of hydrogen-bond acceptors (Lipinski definition) is 4. The van der Waals surface area contributed by atoms with Crippen LogP contribution in [0.2, 0.25) is 0 Å². The van der Waals surface area contributed by atoms with Crippen LogP contribution in [0.5, 0.6) is 0 Å². The number of ether oxygens (including phenoxy) is 1. The summed E-state index contributed by atoms with van der Waals surface area (Å²) in [5, 5.41) is 3.99. The molecule has 0 aromatic carbocycles. The number of piperidine rings is 1. The predicted octanol–water partition coefficient (Wildman–Crippen LogP) is 2.24. The van der Waals surface area contributed by atoms with Gasteiger partial charge in [-0.15, -0.1) is 24.2 Å². The van der Waals surface area contributed by atoms with Gasteiger partial charge in [0.15, 0.2) is 0 Å². The third kappa shape index (κ3) is 5.41. The lowest BCUT2D eigenvalue weighted by Crippen LogP contribution is -2.32. The van der Waals surface area contributed by atoms with E-state index < -0.39 is 0 Å². The first-order chi connectivity index (χ1) is 7.27. The van der Waals surface area contributed by atoms with Gasteiger partial charge in [0.05, 0.1) is 6.61 Å². The highest BCUT2D eigenvalue weighted by Gasteiger charge is 2.24. The number of esters is 1. The second-order valence-corrected chi connectivity index (χ2v) is 5.24. The van der Waals surface area contributed by atoms with Crippen molar-refractivity contribution in [2.45, 2.75) is 43.6 Å². The fourth-order valence-corrected chi connectivity index (χ4v) is 3.06. The molecule has 1 aliphatic heterocycles. The molecule has 1 aliphatic rings. The summed E-state index contributed by atoms with van der Waals surface area (Å²) in [4.78, 5) is 11.6. The summed E-state index contributed by atoms with van der Waals surface area (Å²) in [6, 6.07) is 0. The van der Waals surface area contributed by atoms with Gasteiger partial charge in [0, 0.05) is 5.25 Å². The molecule has 5 heteroatoms. The van der Waals surface area contributed by atoms with Crippen molar-refractivity contribution in [1.29, 1.82) is 0 Å². The van der Waals surface area contributed by atoms with E-state index in [2.05, 4.69) is 12.2 Å². The molecule has 1 heterocycles. The van der Waals surface area contributed by atoms with Crippen molar-refractivity contribution in [3.63, 3.8) is 0 Å². The average molecular weight is 268 g/mol. The molecule has 3 nitrogen and oxygen atoms in total. The molecular weight excluding hydrogens is 246 g/mol. The highest BCUT2D eigenvalue weighted by Crippen LogP contribution is 2.27. The Balaban J connectivity index is 0.00000225. The van der Waals surface area contributed by atoms with Crippen LogP contribution in [0.15, 0.2) is 0 Å². The third-order valence-corrected chi connectivity index (χ3v) is 4.27. The lowest BCUT2D eigenvalue weighted by molar-refractivity contribution is -0.142. The van der Waals surface area contributed by atoms with Gasteiger partial charge < -0.3 is 10.1 Å². The topological polar surface area (TPSA) is 38.3 Å². The quantitative estimate of drug-likeness (QED) is 0.776. The highest BCUT2D eigenvalue weighted by atomic mass is 35.5. The lowest BCUT2D eigenvalue weighted by Gasteiger charge is -2.25. The number of nitrogens with one attached hydrogen (secondary N) is 1. The van der Waals surface area contributed by atoms with Crippen molar-refractivity contribution in [1.82, 2.24) is 5.32 Å². The van der Waals surface area contributed by atoms with Crippen molar-refractivity contribution in [3.8, 4) is 0 Å². The largest absolute Gasteiger partial charge is 0.465 e. The summed E-state index contributed by atoms with van der Waals surface area (Å²) >= 11 is 1.80. The van der Waals surface area contributed by atoms with Crippen molar-refractivity contribution in [2.75, 3.05) is 19.7 Å². The zero-order valence-electron chi connectivity index (χ0n) is 10.0. The number of thioether (sulfide) groups is 1. The Kier molecular flexibility index (Phi) is 9.18. The Morgan fingerprint density at radius 3 is 2.56 bits per heavy atom. The van der Waals surface area contributed by atoms with Gasteiger partial charge in [-0.05, 0) is 39.3 Å². The molecule has 16 heavy (non-hydrogen) atoms. The molecule has 1 fully saturated rings. The standard InChI is InChI=1S/C11H21NO2S.ClH/c1-3-10(11(13)14-4-2)15-9-5-7-12-8-6-9;/h9-10,12H,3-8H2,1-2H3;1H. The first-order valence-corrected chi connectivity index (χ1v) is 6.75. The van der Waals surface area contributed by atoms with E-state index in [0.717, 1.165) is 19.5 Å². The zero-order valence-corrected chi connectivity index (χ0v) is 11.7. The number of halogens is 1. The van der Waals surface area contributed by atoms with Crippen LogP contribution in [-0.2, 0) is 9.53 Å². The van der Waals surface area contributed by atoms with Crippen LogP contribution in [0.25, 0.3) is 0 Å². The first-order valence-electron chi connectivity index (χ1n) is 5.80. The zero-order chi connectivity index (χ0) is 11.1. The molecule has 0 aliphatic carbocycles. The summed E-state index contributed by atoms with van der Waals surface area (Å²) < 4.78 is 5.06. The third-order valence-electron chi connectivity index (χ3n) is 2.56. The maximum Gasteiger partial charge on any atom is 0.319 e. The molecule has 0 bridgehead atoms. The molecule has 1 unspecified atom stereocenters. The number of carbonyl (C=O) groups excluding carboxylic acids is 1. The lowest BCUT2D eigenvalue weighted by atomic mass is 10.2. The summed E-state index contributed by atoms with van der Waals surface area (Å²) in [5.74, 6) is -0.0384. The molecule has 0 aromatic rings. The minimum atomic E-state index is -0.0384. The van der Waals surface area contributed by atoms with Gasteiger partial charge in [0.2, 0.25) is 0 Å². The van der Waals surface area contributed by atoms with E-state index >= 15 is 0 Å². The Morgan fingerprint density at radius 2 is 2.06 bits per heavy atom. The Bertz CT molecular complexity index is 198. The molecule has 0 amide bonds. The smallest absolute Gasteiger partial charge is 0.319 e. The Hall–Kier alpha value is 0.0700. The van der Waals surface area contributed by atoms with Crippen molar-refractivity contribution >= 4 is 30.1 Å². The predicted molar refractivity (Wildman–Crippen MR) is 71.4 cm³/mol. The van der Waals surface area contributed by atoms with Gasteiger partial charge in [-0.2, -0.15) is 0 Å². The van der Waals surface area contributed by atoms with Crippen LogP contribution in [0.4, 0.5) is 0 Å². The molecule has 1 rings (SSSR count). The summed E-state index contributed by atoms with van der Waals surface area (Å²) in [6.07, 6.45) is 3.20. The maximum absolute atomic E-state index is 11.6. The molecule has 0 spiro atoms. The number of rotatable bonds is 5. The fourth-order valence-electron chi connectivity index (χ4n) is 1.72.